The van der Waals surface area contributed by atoms with E-state index in [1.165, 1.54) is 24.1 Å². The number of carbonyl (C=O) groups is 1. The number of aryl methyl sites for hydroxylation is 1. The second-order valence-electron chi connectivity index (χ2n) is 4.60. The molecule has 118 valence electrons. The van der Waals surface area contributed by atoms with E-state index in [4.69, 9.17) is 4.42 Å². The molecule has 0 saturated carbocycles. The highest BCUT2D eigenvalue weighted by Gasteiger charge is 2.33. The Labute approximate surface area is 128 Å². The molecule has 2 rings (SSSR count). The van der Waals surface area contributed by atoms with Gasteiger partial charge < -0.3 is 9.32 Å². The monoisotopic (exact) mass is 330 g/mol. The first-order valence-corrected chi connectivity index (χ1v) is 7.15. The van der Waals surface area contributed by atoms with Gasteiger partial charge in [0.25, 0.3) is 0 Å². The highest BCUT2D eigenvalue weighted by Crippen LogP contribution is 2.30. The van der Waals surface area contributed by atoms with Crippen molar-refractivity contribution in [1.82, 2.24) is 9.88 Å². The number of hydrogen-bond acceptors (Lipinski definition) is 4. The Bertz CT molecular complexity index is 688. The van der Waals surface area contributed by atoms with Gasteiger partial charge in [0.1, 0.15) is 16.5 Å². The van der Waals surface area contributed by atoms with E-state index in [0.717, 1.165) is 22.5 Å². The molecule has 0 atom stereocenters. The van der Waals surface area contributed by atoms with Gasteiger partial charge in [0, 0.05) is 18.5 Å². The zero-order chi connectivity index (χ0) is 16.3. The number of alkyl halides is 3. The normalized spacial score (nSPS) is 12.0. The molecule has 0 fully saturated rings. The largest absolute Gasteiger partial charge is 0.462 e. The van der Waals surface area contributed by atoms with E-state index >= 15 is 0 Å². The lowest BCUT2D eigenvalue weighted by Gasteiger charge is -2.12. The third-order valence-electron chi connectivity index (χ3n) is 2.74. The maximum absolute atomic E-state index is 12.4. The molecule has 22 heavy (non-hydrogen) atoms. The minimum absolute atomic E-state index is 0.0150. The molecule has 2 aromatic heterocycles. The lowest BCUT2D eigenvalue weighted by atomic mass is 10.3. The van der Waals surface area contributed by atoms with Crippen LogP contribution in [0, 0.1) is 6.92 Å². The van der Waals surface area contributed by atoms with Crippen molar-refractivity contribution >= 4 is 23.3 Å². The van der Waals surface area contributed by atoms with E-state index in [-0.39, 0.29) is 17.5 Å². The van der Waals surface area contributed by atoms with Gasteiger partial charge in [-0.3, -0.25) is 4.79 Å². The van der Waals surface area contributed by atoms with Crippen LogP contribution in [0.3, 0.4) is 0 Å². The van der Waals surface area contributed by atoms with Crippen LogP contribution in [-0.2, 0) is 17.5 Å². The Hall–Kier alpha value is -2.09. The third kappa shape index (κ3) is 4.20. The van der Waals surface area contributed by atoms with Gasteiger partial charge in [0.05, 0.1) is 6.54 Å². The van der Waals surface area contributed by atoms with Crippen LogP contribution < -0.4 is 0 Å². The first-order chi connectivity index (χ1) is 10.3. The second kappa shape index (κ2) is 6.35. The van der Waals surface area contributed by atoms with Gasteiger partial charge in [-0.25, -0.2) is 4.98 Å². The van der Waals surface area contributed by atoms with E-state index in [1.54, 1.807) is 19.1 Å². The predicted molar refractivity (Wildman–Crippen MR) is 76.1 cm³/mol. The van der Waals surface area contributed by atoms with Crippen molar-refractivity contribution in [2.45, 2.75) is 19.6 Å². The summed E-state index contributed by atoms with van der Waals surface area (Å²) in [5.74, 6) is 0.911. The summed E-state index contributed by atoms with van der Waals surface area (Å²) in [4.78, 5) is 16.6. The molecule has 0 spiro atoms. The molecule has 0 unspecified atom stereocenters. The molecule has 0 aliphatic rings. The number of rotatable bonds is 4. The van der Waals surface area contributed by atoms with Crippen molar-refractivity contribution in [3.63, 3.8) is 0 Å². The summed E-state index contributed by atoms with van der Waals surface area (Å²) in [6.45, 7) is 1.80. The fourth-order valence-electron chi connectivity index (χ4n) is 1.62. The lowest BCUT2D eigenvalue weighted by molar-refractivity contribution is -0.140. The molecule has 1 amide bonds. The first kappa shape index (κ1) is 16.3. The van der Waals surface area contributed by atoms with E-state index in [0.29, 0.717) is 5.76 Å². The molecule has 2 aromatic rings. The zero-order valence-electron chi connectivity index (χ0n) is 11.8. The summed E-state index contributed by atoms with van der Waals surface area (Å²) < 4.78 is 42.6. The number of likely N-dealkylation sites (N-methyl/N-ethyl adjacent to an activating group) is 1. The van der Waals surface area contributed by atoms with E-state index in [9.17, 15) is 18.0 Å². The van der Waals surface area contributed by atoms with Crippen LogP contribution in [0.25, 0.3) is 6.08 Å². The van der Waals surface area contributed by atoms with E-state index in [1.807, 2.05) is 0 Å². The van der Waals surface area contributed by atoms with Gasteiger partial charge >= 0.3 is 6.18 Å². The molecule has 2 heterocycles. The number of nitrogens with zero attached hydrogens (tertiary/aromatic N) is 2. The molecule has 0 saturated heterocycles. The molecule has 0 N–H and O–H groups in total. The van der Waals surface area contributed by atoms with Crippen molar-refractivity contribution < 1.29 is 22.4 Å². The molecule has 4 nitrogen and oxygen atoms in total. The fourth-order valence-corrected chi connectivity index (χ4v) is 2.47. The van der Waals surface area contributed by atoms with Crippen LogP contribution >= 0.6 is 11.3 Å². The highest BCUT2D eigenvalue weighted by atomic mass is 32.1. The van der Waals surface area contributed by atoms with Crippen LogP contribution in [-0.4, -0.2) is 22.8 Å². The molecular formula is C14H13F3N2O2S. The Morgan fingerprint density at radius 2 is 2.18 bits per heavy atom. The minimum atomic E-state index is -4.46. The maximum atomic E-state index is 12.4. The van der Waals surface area contributed by atoms with Gasteiger partial charge in [-0.2, -0.15) is 13.2 Å². The maximum Gasteiger partial charge on any atom is 0.434 e. The average Bonchev–Trinajstić information content (AvgIpc) is 3.04. The molecule has 0 aromatic carbocycles. The van der Waals surface area contributed by atoms with Gasteiger partial charge in [-0.1, -0.05) is 0 Å². The molecule has 0 bridgehead atoms. The van der Waals surface area contributed by atoms with E-state index in [2.05, 4.69) is 4.98 Å². The third-order valence-corrected chi connectivity index (χ3v) is 3.58. The Kier molecular flexibility index (Phi) is 4.70. The lowest BCUT2D eigenvalue weighted by Crippen LogP contribution is -2.24. The first-order valence-electron chi connectivity index (χ1n) is 6.27. The van der Waals surface area contributed by atoms with Crippen LogP contribution in [0.2, 0.25) is 0 Å². The standard InChI is InChI=1S/C14H13F3N2O2S/c1-9-3-4-10(21-9)5-6-13(20)19(2)7-12-18-11(8-22-12)14(15,16)17/h3-6,8H,7H2,1-2H3/b6-5+. The number of hydrogen-bond donors (Lipinski definition) is 0. The summed E-state index contributed by atoms with van der Waals surface area (Å²) in [6.07, 6.45) is -1.65. The minimum Gasteiger partial charge on any atom is -0.462 e. The van der Waals surface area contributed by atoms with Crippen LogP contribution in [0.4, 0.5) is 13.2 Å². The number of amides is 1. The number of furan rings is 1. The van der Waals surface area contributed by atoms with Gasteiger partial charge in [0.15, 0.2) is 5.69 Å². The summed E-state index contributed by atoms with van der Waals surface area (Å²) in [5, 5.41) is 1.17. The van der Waals surface area contributed by atoms with Crippen LogP contribution in [0.5, 0.6) is 0 Å². The molecule has 0 radical (unpaired) electrons. The summed E-state index contributed by atoms with van der Waals surface area (Å²) >= 11 is 0.872. The molecule has 0 aliphatic carbocycles. The molecular weight excluding hydrogens is 317 g/mol. The number of carbonyl (C=O) groups excluding carboxylic acids is 1. The number of halogens is 3. The predicted octanol–water partition coefficient (Wildman–Crippen LogP) is 3.74. The van der Waals surface area contributed by atoms with Gasteiger partial charge in [0.2, 0.25) is 5.91 Å². The molecule has 0 aliphatic heterocycles. The van der Waals surface area contributed by atoms with Crippen molar-refractivity contribution in [3.8, 4) is 0 Å². The fraction of sp³-hybridized carbons (Fsp3) is 0.286. The Morgan fingerprint density at radius 3 is 2.73 bits per heavy atom. The summed E-state index contributed by atoms with van der Waals surface area (Å²) in [5.41, 5.74) is -0.935. The van der Waals surface area contributed by atoms with Crippen molar-refractivity contribution in [2.24, 2.45) is 0 Å². The van der Waals surface area contributed by atoms with Crippen LogP contribution in [0.1, 0.15) is 22.2 Å². The summed E-state index contributed by atoms with van der Waals surface area (Å²) in [6, 6.07) is 3.48. The topological polar surface area (TPSA) is 46.3 Å². The SMILES string of the molecule is Cc1ccc(/C=C/C(=O)N(C)Cc2nc(C(F)(F)F)cs2)o1. The van der Waals surface area contributed by atoms with E-state index < -0.39 is 11.9 Å². The zero-order valence-corrected chi connectivity index (χ0v) is 12.7. The van der Waals surface area contributed by atoms with Crippen molar-refractivity contribution in [3.05, 3.63) is 45.8 Å². The van der Waals surface area contributed by atoms with Crippen molar-refractivity contribution in [1.29, 1.82) is 0 Å². The van der Waals surface area contributed by atoms with Crippen LogP contribution in [0.15, 0.2) is 28.0 Å². The van der Waals surface area contributed by atoms with Gasteiger partial charge in [-0.05, 0) is 25.1 Å². The smallest absolute Gasteiger partial charge is 0.434 e. The average molecular weight is 330 g/mol. The van der Waals surface area contributed by atoms with Crippen molar-refractivity contribution in [2.75, 3.05) is 7.05 Å². The number of thiazole rings is 1. The second-order valence-corrected chi connectivity index (χ2v) is 5.54. The molecule has 8 heteroatoms. The Morgan fingerprint density at radius 1 is 1.45 bits per heavy atom. The summed E-state index contributed by atoms with van der Waals surface area (Å²) in [7, 11) is 1.49. The van der Waals surface area contributed by atoms with Gasteiger partial charge in [-0.15, -0.1) is 11.3 Å². The Balaban J connectivity index is 1.96. The highest BCUT2D eigenvalue weighted by molar-refractivity contribution is 7.09. The number of aromatic nitrogens is 1. The quantitative estimate of drug-likeness (QED) is 0.803.